The molecule has 1 aromatic heterocycles. The quantitative estimate of drug-likeness (QED) is 0.276. The van der Waals surface area contributed by atoms with Crippen LogP contribution < -0.4 is 5.32 Å². The molecule has 4 rings (SSSR count). The summed E-state index contributed by atoms with van der Waals surface area (Å²) in [6.07, 6.45) is 3.52. The Hall–Kier alpha value is -4.54. The number of nitriles is 1. The molecule has 1 aliphatic heterocycles. The van der Waals surface area contributed by atoms with Crippen molar-refractivity contribution in [3.05, 3.63) is 76.6 Å². The van der Waals surface area contributed by atoms with Crippen molar-refractivity contribution in [2.75, 3.05) is 27.2 Å². The number of aromatic hydroxyl groups is 1. The van der Waals surface area contributed by atoms with Crippen LogP contribution in [0.15, 0.2) is 48.8 Å². The summed E-state index contributed by atoms with van der Waals surface area (Å²) in [4.78, 5) is 37.5. The van der Waals surface area contributed by atoms with Crippen molar-refractivity contribution in [2.24, 2.45) is 0 Å². The number of amides is 1. The monoisotopic (exact) mass is 642 g/mol. The van der Waals surface area contributed by atoms with Crippen LogP contribution >= 0.6 is 0 Å². The second-order valence-corrected chi connectivity index (χ2v) is 10.4. The van der Waals surface area contributed by atoms with E-state index in [9.17, 15) is 32.7 Å². The number of carbonyl (C=O) groups excluding carboxylic acids is 3. The third-order valence-electron chi connectivity index (χ3n) is 7.25. The third-order valence-corrected chi connectivity index (χ3v) is 7.25. The smallest absolute Gasteiger partial charge is 0.417 e. The molecule has 1 fully saturated rings. The number of halogens is 3. The van der Waals surface area contributed by atoms with E-state index in [0.717, 1.165) is 37.6 Å². The van der Waals surface area contributed by atoms with Crippen LogP contribution in [0, 0.1) is 11.3 Å². The summed E-state index contributed by atoms with van der Waals surface area (Å²) in [5.74, 6) is -0.124. The van der Waals surface area contributed by atoms with Gasteiger partial charge in [0.2, 0.25) is 5.91 Å². The lowest BCUT2D eigenvalue weighted by atomic mass is 10.0. The Bertz CT molecular complexity index is 1480. The first-order valence-electron chi connectivity index (χ1n) is 15.0. The van der Waals surface area contributed by atoms with Gasteiger partial charge in [-0.05, 0) is 81.4 Å². The molecule has 0 radical (unpaired) electrons. The van der Waals surface area contributed by atoms with E-state index in [4.69, 9.17) is 5.26 Å². The number of benzene rings is 2. The van der Waals surface area contributed by atoms with Gasteiger partial charge in [0.25, 0.3) is 0 Å². The number of aromatic nitrogens is 2. The number of carbonyl (C=O) groups is 3. The van der Waals surface area contributed by atoms with Crippen LogP contribution in [0.25, 0.3) is 5.69 Å². The summed E-state index contributed by atoms with van der Waals surface area (Å²) in [7, 11) is 3.28. The fourth-order valence-electron chi connectivity index (χ4n) is 4.96. The molecule has 2 aromatic carbocycles. The Morgan fingerprint density at radius 2 is 1.87 bits per heavy atom. The van der Waals surface area contributed by atoms with Crippen LogP contribution in [0.1, 0.15) is 72.1 Å². The molecule has 2 heterocycles. The number of phenols is 1. The zero-order chi connectivity index (χ0) is 34.3. The zero-order valence-corrected chi connectivity index (χ0v) is 26.5. The molecule has 1 saturated heterocycles. The average molecular weight is 643 g/mol. The molecular weight excluding hydrogens is 601 g/mol. The molecule has 0 bridgehead atoms. The summed E-state index contributed by atoms with van der Waals surface area (Å²) < 4.78 is 40.0. The Morgan fingerprint density at radius 3 is 2.46 bits per heavy atom. The molecule has 2 N–H and O–H groups in total. The standard InChI is InChI=1S/C16H15F3N4.C15H20N2O4.C2H6/c17-16(18,19)15-4-3-14(7-13(15)8-20)23-11-12(9-21-23)10-22-5-1-2-6-22;1-16-15(21)14(4-3-7-18)17(2)9-12-8-13(20)6-5-11(12)10-19;1-2/h3-4,7,9,11H,1-2,5-6,10H2;5-8,10,14,20H,3-4,9H2,1-2H3,(H,16,21);1-2H3. The highest BCUT2D eigenvalue weighted by Crippen LogP contribution is 2.32. The minimum Gasteiger partial charge on any atom is -0.508 e. The fraction of sp³-hybridized carbons (Fsp3) is 0.424. The first-order chi connectivity index (χ1) is 22.0. The van der Waals surface area contributed by atoms with Crippen molar-refractivity contribution in [3.63, 3.8) is 0 Å². The lowest BCUT2D eigenvalue weighted by Gasteiger charge is -2.26. The maximum atomic E-state index is 12.8. The maximum Gasteiger partial charge on any atom is 0.417 e. The molecule has 1 aliphatic rings. The molecule has 0 saturated carbocycles. The van der Waals surface area contributed by atoms with Crippen LogP contribution in [-0.2, 0) is 28.9 Å². The molecule has 0 aliphatic carbocycles. The Labute approximate surface area is 267 Å². The van der Waals surface area contributed by atoms with E-state index in [2.05, 4.69) is 15.3 Å². The number of rotatable bonds is 11. The molecule has 13 heteroatoms. The molecule has 3 aromatic rings. The van der Waals surface area contributed by atoms with Crippen LogP contribution in [0.5, 0.6) is 5.75 Å². The minimum absolute atomic E-state index is 0.0633. The number of nitrogens with one attached hydrogen (secondary N) is 1. The highest BCUT2D eigenvalue weighted by molar-refractivity contribution is 5.82. The van der Waals surface area contributed by atoms with Gasteiger partial charge in [-0.2, -0.15) is 23.5 Å². The molecule has 1 unspecified atom stereocenters. The van der Waals surface area contributed by atoms with Gasteiger partial charge in [0.05, 0.1) is 35.1 Å². The van der Waals surface area contributed by atoms with E-state index in [1.807, 2.05) is 13.8 Å². The number of nitrogens with zero attached hydrogens (tertiary/aromatic N) is 5. The van der Waals surface area contributed by atoms with Gasteiger partial charge in [-0.3, -0.25) is 19.4 Å². The summed E-state index contributed by atoms with van der Waals surface area (Å²) in [5, 5.41) is 25.2. The van der Waals surface area contributed by atoms with Gasteiger partial charge < -0.3 is 15.2 Å². The van der Waals surface area contributed by atoms with Crippen LogP contribution in [0.4, 0.5) is 13.2 Å². The molecule has 10 nitrogen and oxygen atoms in total. The number of hydrogen-bond acceptors (Lipinski definition) is 8. The average Bonchev–Trinajstić information content (AvgIpc) is 3.74. The van der Waals surface area contributed by atoms with Crippen LogP contribution in [0.3, 0.4) is 0 Å². The predicted molar refractivity (Wildman–Crippen MR) is 167 cm³/mol. The molecular formula is C33H41F3N6O4. The van der Waals surface area contributed by atoms with Crippen molar-refractivity contribution < 1.29 is 32.7 Å². The van der Waals surface area contributed by atoms with Gasteiger partial charge in [0.15, 0.2) is 0 Å². The molecule has 46 heavy (non-hydrogen) atoms. The SMILES string of the molecule is CC.CNC(=O)C(CCC=O)N(C)Cc1cc(O)ccc1C=O.N#Cc1cc(-n2cc(CN3CCCC3)cn2)ccc1C(F)(F)F. The largest absolute Gasteiger partial charge is 0.508 e. The number of likely N-dealkylation sites (N-methyl/N-ethyl adjacent to an activating group) is 2. The molecule has 1 amide bonds. The topological polar surface area (TPSA) is 132 Å². The van der Waals surface area contributed by atoms with Gasteiger partial charge in [-0.1, -0.05) is 13.8 Å². The van der Waals surface area contributed by atoms with Gasteiger partial charge >= 0.3 is 6.18 Å². The van der Waals surface area contributed by atoms with E-state index >= 15 is 0 Å². The Balaban J connectivity index is 0.000000305. The van der Waals surface area contributed by atoms with Gasteiger partial charge in [0.1, 0.15) is 18.3 Å². The third kappa shape index (κ3) is 10.8. The molecule has 0 spiro atoms. The lowest BCUT2D eigenvalue weighted by molar-refractivity contribution is -0.137. The number of hydrogen-bond donors (Lipinski definition) is 2. The highest BCUT2D eigenvalue weighted by Gasteiger charge is 2.33. The first-order valence-corrected chi connectivity index (χ1v) is 15.0. The van der Waals surface area contributed by atoms with Crippen molar-refractivity contribution in [1.29, 1.82) is 5.26 Å². The lowest BCUT2D eigenvalue weighted by Crippen LogP contribution is -2.43. The zero-order valence-electron chi connectivity index (χ0n) is 26.5. The van der Waals surface area contributed by atoms with Crippen LogP contribution in [0.2, 0.25) is 0 Å². The van der Waals surface area contributed by atoms with Gasteiger partial charge in [0, 0.05) is 43.9 Å². The summed E-state index contributed by atoms with van der Waals surface area (Å²) in [6, 6.07) is 9.09. The normalized spacial score (nSPS) is 13.5. The van der Waals surface area contributed by atoms with E-state index in [-0.39, 0.29) is 18.1 Å². The molecule has 1 atom stereocenters. The van der Waals surface area contributed by atoms with E-state index in [0.29, 0.717) is 36.1 Å². The number of phenolic OH excluding ortho intramolecular Hbond substituents is 1. The van der Waals surface area contributed by atoms with E-state index < -0.39 is 23.3 Å². The van der Waals surface area contributed by atoms with E-state index in [1.165, 1.54) is 54.9 Å². The summed E-state index contributed by atoms with van der Waals surface area (Å²) in [6.45, 7) is 7.22. The van der Waals surface area contributed by atoms with Crippen molar-refractivity contribution in [3.8, 4) is 17.5 Å². The van der Waals surface area contributed by atoms with Crippen LogP contribution in [-0.4, -0.2) is 76.4 Å². The number of alkyl halides is 3. The number of aldehydes is 2. The second kappa shape index (κ2) is 18.4. The van der Waals surface area contributed by atoms with Crippen molar-refractivity contribution >= 4 is 18.5 Å². The predicted octanol–water partition coefficient (Wildman–Crippen LogP) is 5.11. The van der Waals surface area contributed by atoms with Crippen molar-refractivity contribution in [2.45, 2.75) is 64.8 Å². The van der Waals surface area contributed by atoms with E-state index in [1.54, 1.807) is 30.4 Å². The summed E-state index contributed by atoms with van der Waals surface area (Å²) in [5.41, 5.74) is 1.23. The minimum atomic E-state index is -4.53. The van der Waals surface area contributed by atoms with Crippen molar-refractivity contribution in [1.82, 2.24) is 24.9 Å². The van der Waals surface area contributed by atoms with Gasteiger partial charge in [-0.15, -0.1) is 0 Å². The number of likely N-dealkylation sites (tertiary alicyclic amines) is 1. The Kier molecular flexibility index (Phi) is 15.1. The maximum absolute atomic E-state index is 12.8. The summed E-state index contributed by atoms with van der Waals surface area (Å²) >= 11 is 0. The van der Waals surface area contributed by atoms with Gasteiger partial charge in [-0.25, -0.2) is 4.68 Å². The highest BCUT2D eigenvalue weighted by atomic mass is 19.4. The first kappa shape index (κ1) is 37.6. The second-order valence-electron chi connectivity index (χ2n) is 10.4. The Morgan fingerprint density at radius 1 is 1.17 bits per heavy atom. The molecule has 248 valence electrons. The fourth-order valence-corrected chi connectivity index (χ4v) is 4.96.